The molecule has 0 aliphatic rings. The van der Waals surface area contributed by atoms with E-state index in [-0.39, 0.29) is 0 Å². The molecule has 0 spiro atoms. The maximum atomic E-state index is 4.72. The molecule has 0 saturated heterocycles. The number of fused-ring (bicyclic) bond motifs is 1. The standard InChI is InChI=1S/C17H27N3/c1-5-10-18-14(11-13(2)3)12-16-15-8-6-7-9-17(15)20(4)19-16/h6-9,13-14,18H,5,10-12H2,1-4H3. The molecule has 110 valence electrons. The van der Waals surface area contributed by atoms with E-state index in [0.29, 0.717) is 12.0 Å². The largest absolute Gasteiger partial charge is 0.314 e. The van der Waals surface area contributed by atoms with Crippen molar-refractivity contribution < 1.29 is 0 Å². The summed E-state index contributed by atoms with van der Waals surface area (Å²) in [5.41, 5.74) is 2.44. The van der Waals surface area contributed by atoms with E-state index < -0.39 is 0 Å². The van der Waals surface area contributed by atoms with Crippen molar-refractivity contribution in [3.8, 4) is 0 Å². The molecule has 1 aromatic carbocycles. The van der Waals surface area contributed by atoms with E-state index >= 15 is 0 Å². The number of aromatic nitrogens is 2. The molecule has 0 bridgehead atoms. The number of nitrogens with zero attached hydrogens (tertiary/aromatic N) is 2. The summed E-state index contributed by atoms with van der Waals surface area (Å²) in [5, 5.41) is 9.69. The van der Waals surface area contributed by atoms with E-state index in [0.717, 1.165) is 13.0 Å². The monoisotopic (exact) mass is 273 g/mol. The summed E-state index contributed by atoms with van der Waals surface area (Å²) in [5.74, 6) is 0.708. The predicted molar refractivity (Wildman–Crippen MR) is 86.0 cm³/mol. The summed E-state index contributed by atoms with van der Waals surface area (Å²) in [7, 11) is 2.03. The summed E-state index contributed by atoms with van der Waals surface area (Å²) < 4.78 is 2.00. The minimum atomic E-state index is 0.522. The first kappa shape index (κ1) is 15.0. The van der Waals surface area contributed by atoms with Crippen LogP contribution in [0.15, 0.2) is 24.3 Å². The van der Waals surface area contributed by atoms with Gasteiger partial charge in [-0.05, 0) is 31.4 Å². The number of rotatable bonds is 7. The van der Waals surface area contributed by atoms with Gasteiger partial charge in [0.05, 0.1) is 11.2 Å². The summed E-state index contributed by atoms with van der Waals surface area (Å²) in [6.45, 7) is 7.88. The van der Waals surface area contributed by atoms with Crippen LogP contribution in [-0.4, -0.2) is 22.4 Å². The van der Waals surface area contributed by atoms with Gasteiger partial charge in [-0.15, -0.1) is 0 Å². The first-order valence-corrected chi connectivity index (χ1v) is 7.75. The van der Waals surface area contributed by atoms with E-state index in [1.165, 1.54) is 29.4 Å². The van der Waals surface area contributed by atoms with Crippen LogP contribution in [0.1, 0.15) is 39.3 Å². The van der Waals surface area contributed by atoms with Gasteiger partial charge in [0, 0.05) is 24.9 Å². The molecule has 3 nitrogen and oxygen atoms in total. The topological polar surface area (TPSA) is 29.9 Å². The van der Waals surface area contributed by atoms with Crippen molar-refractivity contribution in [3.63, 3.8) is 0 Å². The fraction of sp³-hybridized carbons (Fsp3) is 0.588. The van der Waals surface area contributed by atoms with E-state index in [9.17, 15) is 0 Å². The summed E-state index contributed by atoms with van der Waals surface area (Å²) in [6.07, 6.45) is 3.39. The highest BCUT2D eigenvalue weighted by Gasteiger charge is 2.15. The highest BCUT2D eigenvalue weighted by atomic mass is 15.3. The molecule has 1 N–H and O–H groups in total. The fourth-order valence-electron chi connectivity index (χ4n) is 2.83. The minimum Gasteiger partial charge on any atom is -0.314 e. The molecule has 1 aromatic heterocycles. The van der Waals surface area contributed by atoms with Crippen LogP contribution in [0, 0.1) is 5.92 Å². The van der Waals surface area contributed by atoms with Gasteiger partial charge in [-0.25, -0.2) is 0 Å². The van der Waals surface area contributed by atoms with Crippen LogP contribution in [0.4, 0.5) is 0 Å². The Labute approximate surface area is 122 Å². The van der Waals surface area contributed by atoms with Gasteiger partial charge in [0.1, 0.15) is 0 Å². The SMILES string of the molecule is CCCNC(Cc1nn(C)c2ccccc12)CC(C)C. The third-order valence-electron chi connectivity index (χ3n) is 3.71. The summed E-state index contributed by atoms with van der Waals surface area (Å²) in [6, 6.07) is 9.03. The third-order valence-corrected chi connectivity index (χ3v) is 3.71. The van der Waals surface area contributed by atoms with Gasteiger partial charge in [0.15, 0.2) is 0 Å². The van der Waals surface area contributed by atoms with E-state index in [2.05, 4.69) is 50.4 Å². The number of para-hydroxylation sites is 1. The Bertz CT molecular complexity index is 542. The van der Waals surface area contributed by atoms with Crippen LogP contribution in [0.2, 0.25) is 0 Å². The molecule has 2 rings (SSSR count). The van der Waals surface area contributed by atoms with Gasteiger partial charge in [0.25, 0.3) is 0 Å². The van der Waals surface area contributed by atoms with Crippen LogP contribution in [0.5, 0.6) is 0 Å². The van der Waals surface area contributed by atoms with Crippen molar-refractivity contribution in [2.75, 3.05) is 6.54 Å². The molecule has 0 aliphatic carbocycles. The van der Waals surface area contributed by atoms with Crippen molar-refractivity contribution in [1.82, 2.24) is 15.1 Å². The van der Waals surface area contributed by atoms with Gasteiger partial charge in [-0.2, -0.15) is 5.10 Å². The van der Waals surface area contributed by atoms with Crippen molar-refractivity contribution in [2.24, 2.45) is 13.0 Å². The molecule has 20 heavy (non-hydrogen) atoms. The van der Waals surface area contributed by atoms with Gasteiger partial charge in [-0.1, -0.05) is 39.0 Å². The second-order valence-electron chi connectivity index (χ2n) is 6.07. The Morgan fingerprint density at radius 3 is 2.70 bits per heavy atom. The van der Waals surface area contributed by atoms with Crippen LogP contribution >= 0.6 is 0 Å². The number of benzene rings is 1. The first-order chi connectivity index (χ1) is 9.61. The normalized spacial score (nSPS) is 13.2. The molecule has 0 fully saturated rings. The zero-order valence-corrected chi connectivity index (χ0v) is 13.2. The average Bonchev–Trinajstić information content (AvgIpc) is 2.73. The fourth-order valence-corrected chi connectivity index (χ4v) is 2.83. The molecule has 0 amide bonds. The maximum Gasteiger partial charge on any atom is 0.0718 e. The quantitative estimate of drug-likeness (QED) is 0.836. The highest BCUT2D eigenvalue weighted by Crippen LogP contribution is 2.20. The summed E-state index contributed by atoms with van der Waals surface area (Å²) in [4.78, 5) is 0. The smallest absolute Gasteiger partial charge is 0.0718 e. The lowest BCUT2D eigenvalue weighted by Crippen LogP contribution is -2.33. The minimum absolute atomic E-state index is 0.522. The predicted octanol–water partition coefficient (Wildman–Crippen LogP) is 3.53. The Hall–Kier alpha value is -1.35. The maximum absolute atomic E-state index is 4.72. The molecule has 1 heterocycles. The van der Waals surface area contributed by atoms with E-state index in [4.69, 9.17) is 5.10 Å². The molecule has 0 radical (unpaired) electrons. The molecular formula is C17H27N3. The van der Waals surface area contributed by atoms with E-state index in [1.807, 2.05) is 11.7 Å². The van der Waals surface area contributed by atoms with Gasteiger partial charge in [0.2, 0.25) is 0 Å². The van der Waals surface area contributed by atoms with Crippen LogP contribution in [0.25, 0.3) is 10.9 Å². The Balaban J connectivity index is 2.19. The third kappa shape index (κ3) is 3.60. The van der Waals surface area contributed by atoms with Crippen LogP contribution in [0.3, 0.4) is 0 Å². The highest BCUT2D eigenvalue weighted by molar-refractivity contribution is 5.81. The molecule has 3 heteroatoms. The molecular weight excluding hydrogens is 246 g/mol. The van der Waals surface area contributed by atoms with Crippen molar-refractivity contribution >= 4 is 10.9 Å². The zero-order chi connectivity index (χ0) is 14.5. The Kier molecular flexibility index (Phi) is 5.18. The van der Waals surface area contributed by atoms with Gasteiger partial charge >= 0.3 is 0 Å². The second-order valence-corrected chi connectivity index (χ2v) is 6.07. The van der Waals surface area contributed by atoms with Gasteiger partial charge in [-0.3, -0.25) is 4.68 Å². The van der Waals surface area contributed by atoms with Crippen molar-refractivity contribution in [1.29, 1.82) is 0 Å². The molecule has 0 saturated carbocycles. The number of hydrogen-bond donors (Lipinski definition) is 1. The van der Waals surface area contributed by atoms with Crippen molar-refractivity contribution in [2.45, 2.75) is 46.1 Å². The second kappa shape index (κ2) is 6.89. The average molecular weight is 273 g/mol. The first-order valence-electron chi connectivity index (χ1n) is 7.75. The Morgan fingerprint density at radius 2 is 2.00 bits per heavy atom. The lowest BCUT2D eigenvalue weighted by atomic mass is 9.98. The molecule has 0 aliphatic heterocycles. The lowest BCUT2D eigenvalue weighted by Gasteiger charge is -2.19. The molecule has 2 aromatic rings. The van der Waals surface area contributed by atoms with Crippen molar-refractivity contribution in [3.05, 3.63) is 30.0 Å². The summed E-state index contributed by atoms with van der Waals surface area (Å²) >= 11 is 0. The van der Waals surface area contributed by atoms with Crippen LogP contribution < -0.4 is 5.32 Å². The van der Waals surface area contributed by atoms with E-state index in [1.54, 1.807) is 0 Å². The number of hydrogen-bond acceptors (Lipinski definition) is 2. The Morgan fingerprint density at radius 1 is 1.25 bits per heavy atom. The molecule has 1 atom stereocenters. The number of nitrogens with one attached hydrogen (secondary N) is 1. The lowest BCUT2D eigenvalue weighted by molar-refractivity contribution is 0.413. The zero-order valence-electron chi connectivity index (χ0n) is 13.2. The van der Waals surface area contributed by atoms with Crippen LogP contribution in [-0.2, 0) is 13.5 Å². The molecule has 1 unspecified atom stereocenters. The number of aryl methyl sites for hydroxylation is 1. The van der Waals surface area contributed by atoms with Gasteiger partial charge < -0.3 is 5.32 Å².